The number of benzene rings is 2. The molecule has 0 radical (unpaired) electrons. The average Bonchev–Trinajstić information content (AvgIpc) is 2.93. The van der Waals surface area contributed by atoms with Crippen molar-refractivity contribution in [2.24, 2.45) is 0 Å². The van der Waals surface area contributed by atoms with Gasteiger partial charge in [-0.25, -0.2) is 0 Å². The first kappa shape index (κ1) is 15.8. The second-order valence-corrected chi connectivity index (χ2v) is 8.18. The van der Waals surface area contributed by atoms with Gasteiger partial charge in [-0.15, -0.1) is 0 Å². The molecule has 0 unspecified atom stereocenters. The van der Waals surface area contributed by atoms with Gasteiger partial charge in [-0.3, -0.25) is 0 Å². The van der Waals surface area contributed by atoms with E-state index in [-0.39, 0.29) is 0 Å². The number of likely N-dealkylation sites (N-methyl/N-ethyl adjacent to an activating group) is 1. The van der Waals surface area contributed by atoms with Crippen LogP contribution in [0.4, 0.5) is 11.4 Å². The van der Waals surface area contributed by atoms with Crippen molar-refractivity contribution in [1.82, 2.24) is 5.32 Å². The molecule has 130 valence electrons. The highest BCUT2D eigenvalue weighted by Gasteiger charge is 2.43. The third kappa shape index (κ3) is 2.37. The Morgan fingerprint density at radius 3 is 2.84 bits per heavy atom. The molecule has 0 spiro atoms. The SMILES string of the molecule is CN1CCN2c3c(cc(-c4ccc(Cl)cc4Cl)cc31)[C@@H]1CNCC[C@@H]12. The van der Waals surface area contributed by atoms with E-state index < -0.39 is 0 Å². The molecule has 1 fully saturated rings. The van der Waals surface area contributed by atoms with Gasteiger partial charge in [0.1, 0.15) is 0 Å². The van der Waals surface area contributed by atoms with Crippen LogP contribution in [0.25, 0.3) is 11.1 Å². The number of nitrogens with one attached hydrogen (secondary N) is 1. The molecule has 3 aliphatic heterocycles. The summed E-state index contributed by atoms with van der Waals surface area (Å²) in [5.41, 5.74) is 6.50. The lowest BCUT2D eigenvalue weighted by molar-refractivity contribution is 0.402. The van der Waals surface area contributed by atoms with Crippen LogP contribution in [0, 0.1) is 0 Å². The summed E-state index contributed by atoms with van der Waals surface area (Å²) in [4.78, 5) is 5.04. The molecule has 0 saturated carbocycles. The highest BCUT2D eigenvalue weighted by Crippen LogP contribution is 2.51. The Morgan fingerprint density at radius 2 is 2.00 bits per heavy atom. The van der Waals surface area contributed by atoms with Gasteiger partial charge in [-0.1, -0.05) is 29.3 Å². The van der Waals surface area contributed by atoms with E-state index in [9.17, 15) is 0 Å². The molecule has 3 heterocycles. The summed E-state index contributed by atoms with van der Waals surface area (Å²) in [7, 11) is 2.19. The predicted octanol–water partition coefficient (Wildman–Crippen LogP) is 4.38. The maximum absolute atomic E-state index is 6.51. The number of piperidine rings is 1. The lowest BCUT2D eigenvalue weighted by atomic mass is 9.88. The standard InChI is InChI=1S/C20H21Cl2N3/c1-24-6-7-25-18-4-5-23-11-16(18)15-8-12(9-19(24)20(15)25)14-3-2-13(21)10-17(14)22/h2-3,8-10,16,18,23H,4-7,11H2,1H3/t16-,18-/m0/s1. The summed E-state index contributed by atoms with van der Waals surface area (Å²) in [5.74, 6) is 0.569. The van der Waals surface area contributed by atoms with Crippen molar-refractivity contribution in [3.63, 3.8) is 0 Å². The number of halogens is 2. The van der Waals surface area contributed by atoms with Crippen LogP contribution >= 0.6 is 23.2 Å². The van der Waals surface area contributed by atoms with Crippen molar-refractivity contribution in [1.29, 1.82) is 0 Å². The van der Waals surface area contributed by atoms with Crippen LogP contribution in [0.15, 0.2) is 30.3 Å². The molecule has 0 bridgehead atoms. The molecule has 3 aliphatic rings. The Morgan fingerprint density at radius 1 is 1.12 bits per heavy atom. The lowest BCUT2D eigenvalue weighted by Gasteiger charge is -2.39. The van der Waals surface area contributed by atoms with Gasteiger partial charge >= 0.3 is 0 Å². The van der Waals surface area contributed by atoms with Crippen molar-refractivity contribution in [3.05, 3.63) is 45.9 Å². The second-order valence-electron chi connectivity index (χ2n) is 7.34. The maximum Gasteiger partial charge on any atom is 0.0644 e. The molecule has 5 heteroatoms. The molecule has 5 rings (SSSR count). The average molecular weight is 374 g/mol. The minimum atomic E-state index is 0.569. The molecule has 0 aromatic heterocycles. The maximum atomic E-state index is 6.51. The van der Waals surface area contributed by atoms with E-state index in [1.165, 1.54) is 28.9 Å². The fourth-order valence-electron chi connectivity index (χ4n) is 4.76. The summed E-state index contributed by atoms with van der Waals surface area (Å²) in [5, 5.41) is 4.98. The van der Waals surface area contributed by atoms with Crippen molar-refractivity contribution >= 4 is 34.6 Å². The number of hydrogen-bond donors (Lipinski definition) is 1. The van der Waals surface area contributed by atoms with Crippen molar-refractivity contribution in [2.75, 3.05) is 43.0 Å². The highest BCUT2D eigenvalue weighted by atomic mass is 35.5. The van der Waals surface area contributed by atoms with Gasteiger partial charge in [0.05, 0.1) is 11.4 Å². The number of fused-ring (bicyclic) bond motifs is 3. The van der Waals surface area contributed by atoms with E-state index in [0.717, 1.165) is 31.7 Å². The first-order chi connectivity index (χ1) is 12.1. The van der Waals surface area contributed by atoms with E-state index in [1.54, 1.807) is 0 Å². The van der Waals surface area contributed by atoms with Crippen LogP contribution in [0.3, 0.4) is 0 Å². The molecule has 25 heavy (non-hydrogen) atoms. The second kappa shape index (κ2) is 5.80. The summed E-state index contributed by atoms with van der Waals surface area (Å²) in [6, 6.07) is 11.1. The molecule has 0 amide bonds. The Bertz CT molecular complexity index is 851. The summed E-state index contributed by atoms with van der Waals surface area (Å²) >= 11 is 12.6. The molecule has 0 aliphatic carbocycles. The number of nitrogens with zero attached hydrogens (tertiary/aromatic N) is 2. The summed E-state index contributed by atoms with van der Waals surface area (Å²) in [6.45, 7) is 4.38. The number of rotatable bonds is 1. The van der Waals surface area contributed by atoms with E-state index in [0.29, 0.717) is 22.0 Å². The molecular formula is C20H21Cl2N3. The van der Waals surface area contributed by atoms with Crippen LogP contribution in [0.2, 0.25) is 10.0 Å². The van der Waals surface area contributed by atoms with Crippen LogP contribution in [0.5, 0.6) is 0 Å². The zero-order valence-corrected chi connectivity index (χ0v) is 15.7. The fraction of sp³-hybridized carbons (Fsp3) is 0.400. The van der Waals surface area contributed by atoms with Gasteiger partial charge in [0.25, 0.3) is 0 Å². The van der Waals surface area contributed by atoms with Crippen molar-refractivity contribution < 1.29 is 0 Å². The van der Waals surface area contributed by atoms with E-state index in [1.807, 2.05) is 18.2 Å². The molecule has 1 N–H and O–H groups in total. The van der Waals surface area contributed by atoms with Gasteiger partial charge in [-0.2, -0.15) is 0 Å². The highest BCUT2D eigenvalue weighted by molar-refractivity contribution is 6.36. The normalized spacial score (nSPS) is 24.3. The quantitative estimate of drug-likeness (QED) is 0.800. The Balaban J connectivity index is 1.71. The first-order valence-corrected chi connectivity index (χ1v) is 9.71. The third-order valence-corrected chi connectivity index (χ3v) is 6.53. The van der Waals surface area contributed by atoms with E-state index >= 15 is 0 Å². The largest absolute Gasteiger partial charge is 0.371 e. The van der Waals surface area contributed by atoms with Crippen LogP contribution < -0.4 is 15.1 Å². The third-order valence-electron chi connectivity index (χ3n) is 5.98. The molecule has 1 saturated heterocycles. The van der Waals surface area contributed by atoms with Gasteiger partial charge in [0.2, 0.25) is 0 Å². The molecule has 2 atom stereocenters. The topological polar surface area (TPSA) is 18.5 Å². The molecule has 3 nitrogen and oxygen atoms in total. The van der Waals surface area contributed by atoms with Crippen LogP contribution in [-0.4, -0.2) is 39.3 Å². The Labute approximate surface area is 158 Å². The van der Waals surface area contributed by atoms with Gasteiger partial charge in [-0.05, 0) is 48.4 Å². The zero-order valence-electron chi connectivity index (χ0n) is 14.2. The fourth-order valence-corrected chi connectivity index (χ4v) is 5.28. The van der Waals surface area contributed by atoms with Crippen LogP contribution in [-0.2, 0) is 0 Å². The summed E-state index contributed by atoms with van der Waals surface area (Å²) in [6.07, 6.45) is 1.22. The smallest absolute Gasteiger partial charge is 0.0644 e. The van der Waals surface area contributed by atoms with Crippen molar-refractivity contribution in [3.8, 4) is 11.1 Å². The molecule has 2 aromatic carbocycles. The Hall–Kier alpha value is -1.42. The first-order valence-electron chi connectivity index (χ1n) is 8.95. The number of hydrogen-bond acceptors (Lipinski definition) is 3. The minimum Gasteiger partial charge on any atom is -0.371 e. The lowest BCUT2D eigenvalue weighted by Crippen LogP contribution is -2.48. The van der Waals surface area contributed by atoms with Gasteiger partial charge in [0, 0.05) is 54.3 Å². The van der Waals surface area contributed by atoms with Gasteiger partial charge < -0.3 is 15.1 Å². The molecular weight excluding hydrogens is 353 g/mol. The van der Waals surface area contributed by atoms with Gasteiger partial charge in [0.15, 0.2) is 0 Å². The Kier molecular flexibility index (Phi) is 3.67. The monoisotopic (exact) mass is 373 g/mol. The number of anilines is 2. The predicted molar refractivity (Wildman–Crippen MR) is 107 cm³/mol. The van der Waals surface area contributed by atoms with E-state index in [4.69, 9.17) is 23.2 Å². The molecule has 2 aromatic rings. The summed E-state index contributed by atoms with van der Waals surface area (Å²) < 4.78 is 0. The zero-order chi connectivity index (χ0) is 17.1. The minimum absolute atomic E-state index is 0.569. The van der Waals surface area contributed by atoms with Crippen LogP contribution in [0.1, 0.15) is 17.9 Å². The van der Waals surface area contributed by atoms with E-state index in [2.05, 4.69) is 34.3 Å². The van der Waals surface area contributed by atoms with Crippen molar-refractivity contribution in [2.45, 2.75) is 18.4 Å².